The van der Waals surface area contributed by atoms with Crippen molar-refractivity contribution >= 4 is 134 Å². The molecule has 4 N–H and O–H groups in total. The molecule has 0 fully saturated rings. The highest BCUT2D eigenvalue weighted by Crippen LogP contribution is 2.47. The highest BCUT2D eigenvalue weighted by molar-refractivity contribution is 6.41. The van der Waals surface area contributed by atoms with Crippen molar-refractivity contribution < 1.29 is 68.3 Å². The second kappa shape index (κ2) is 23.9. The molecule has 0 saturated heterocycles. The second-order valence-corrected chi connectivity index (χ2v) is 18.9. The number of ether oxygens (including phenoxy) is 2. The molecule has 0 radical (unpaired) electrons. The number of carbonyl (C=O) groups excluding carboxylic acids is 4. The van der Waals surface area contributed by atoms with E-state index < -0.39 is 47.8 Å². The average Bonchev–Trinajstić information content (AvgIpc) is 3.63. The third-order valence-corrected chi connectivity index (χ3v) is 14.0. The number of esters is 4. The van der Waals surface area contributed by atoms with Crippen LogP contribution >= 0.6 is 0 Å². The molecule has 10 aromatic carbocycles. The summed E-state index contributed by atoms with van der Waals surface area (Å²) < 4.78 is 9.74. The van der Waals surface area contributed by atoms with Gasteiger partial charge in [-0.2, -0.15) is 0 Å². The van der Waals surface area contributed by atoms with Crippen molar-refractivity contribution in [2.24, 2.45) is 0 Å². The lowest BCUT2D eigenvalue weighted by atomic mass is 9.83. The van der Waals surface area contributed by atoms with Crippen LogP contribution in [0.5, 0.6) is 0 Å². The summed E-state index contributed by atoms with van der Waals surface area (Å²) >= 11 is 0. The van der Waals surface area contributed by atoms with Gasteiger partial charge in [-0.05, 0) is 113 Å². The zero-order chi connectivity index (χ0) is 56.9. The normalized spacial score (nSPS) is 12.2. The van der Waals surface area contributed by atoms with Crippen molar-refractivity contribution in [1.29, 1.82) is 0 Å². The molecule has 0 atom stereocenters. The van der Waals surface area contributed by atoms with Gasteiger partial charge in [-0.25, -0.2) is 38.4 Å². The first kappa shape index (κ1) is 56.7. The lowest BCUT2D eigenvalue weighted by Gasteiger charge is -2.22. The predicted octanol–water partition coefficient (Wildman–Crippen LogP) is 16.1. The number of carbonyl (C=O) groups is 8. The minimum atomic E-state index is -1.28. The zero-order valence-corrected chi connectivity index (χ0v) is 44.8. The summed E-state index contributed by atoms with van der Waals surface area (Å²) in [6.45, 7) is 17.4. The molecule has 12 rings (SSSR count). The average molecular weight is 1050 g/mol. The molecule has 14 nitrogen and oxygen atoms in total. The second-order valence-electron chi connectivity index (χ2n) is 18.9. The molecule has 0 aromatic heterocycles. The van der Waals surface area contributed by atoms with Crippen molar-refractivity contribution in [1.82, 2.24) is 0 Å². The van der Waals surface area contributed by atoms with E-state index in [1.165, 1.54) is 99.9 Å². The fourth-order valence-electron chi connectivity index (χ4n) is 9.56. The van der Waals surface area contributed by atoms with E-state index >= 15 is 0 Å². The smallest absolute Gasteiger partial charge is 0.346 e. The summed E-state index contributed by atoms with van der Waals surface area (Å²) in [6.07, 6.45) is 10.6. The molecule has 0 amide bonds. The molecule has 10 aromatic rings. The van der Waals surface area contributed by atoms with Crippen molar-refractivity contribution in [2.45, 2.75) is 107 Å². The van der Waals surface area contributed by atoms with E-state index in [0.717, 1.165) is 32.3 Å². The van der Waals surface area contributed by atoms with Gasteiger partial charge in [0.25, 0.3) is 0 Å². The van der Waals surface area contributed by atoms with E-state index in [9.17, 15) is 58.8 Å². The van der Waals surface area contributed by atoms with Gasteiger partial charge in [-0.1, -0.05) is 155 Å². The molecule has 0 spiro atoms. The number of aromatic carboxylic acids is 4. The number of fused-ring (bicyclic) bond motifs is 4. The van der Waals surface area contributed by atoms with Crippen molar-refractivity contribution in [3.05, 3.63) is 142 Å². The van der Waals surface area contributed by atoms with Crippen molar-refractivity contribution in [2.75, 3.05) is 0 Å². The Balaban J connectivity index is 0.000000178. The van der Waals surface area contributed by atoms with E-state index in [1.54, 1.807) is 24.3 Å². The Morgan fingerprint density at radius 2 is 0.436 bits per heavy atom. The Morgan fingerprint density at radius 3 is 0.603 bits per heavy atom. The molecule has 2 aliphatic heterocycles. The van der Waals surface area contributed by atoms with Gasteiger partial charge in [-0.3, -0.25) is 0 Å². The molecule has 0 bridgehead atoms. The van der Waals surface area contributed by atoms with Crippen LogP contribution in [0.25, 0.3) is 86.2 Å². The number of cyclic esters (lactones) is 4. The number of carboxylic acid groups (broad SMARTS) is 4. The molecule has 2 heterocycles. The van der Waals surface area contributed by atoms with E-state index in [-0.39, 0.29) is 33.0 Å². The Morgan fingerprint density at radius 1 is 0.269 bits per heavy atom. The van der Waals surface area contributed by atoms with Crippen LogP contribution < -0.4 is 0 Å². The standard InChI is InChI=1S/C24H12O8.C24H8O6.4C4H10/c25-21(26)13-5-1-9-10-2-6-15(23(29)30)20-16(24(31)32)8-4-12(18(10)20)11-3-7-14(22(27)28)19(13)17(9)11;25-21-13-5-1-9-10-2-6-15-20-16(24(28)30-23(15)27)8-4-12(18(10)20)11-3-7-14(22(26)29-21)19(13)17(9)11;4*1-3-4-2/h1-8H,(H,25,26)(H,27,28)(H,29,30)(H,31,32);1-8H;4*3-4H2,1-2H3. The quantitative estimate of drug-likeness (QED) is 0.0479. The maximum atomic E-state index is 12.3. The van der Waals surface area contributed by atoms with Crippen LogP contribution in [0, 0.1) is 0 Å². The van der Waals surface area contributed by atoms with Gasteiger partial charge in [0.2, 0.25) is 0 Å². The van der Waals surface area contributed by atoms with Crippen molar-refractivity contribution in [3.8, 4) is 0 Å². The summed E-state index contributed by atoms with van der Waals surface area (Å²) in [5.74, 6) is -7.80. The Bertz CT molecular complexity index is 3540. The monoisotopic (exact) mass is 1050 g/mol. The lowest BCUT2D eigenvalue weighted by Crippen LogP contribution is -2.20. The van der Waals surface area contributed by atoms with Crippen LogP contribution in [0.15, 0.2) is 97.1 Å². The Kier molecular flexibility index (Phi) is 17.4. The topological polar surface area (TPSA) is 236 Å². The summed E-state index contributed by atoms with van der Waals surface area (Å²) in [5.41, 5.74) is 0.685. The van der Waals surface area contributed by atoms with Gasteiger partial charge in [0.15, 0.2) is 0 Å². The first-order valence-corrected chi connectivity index (χ1v) is 26.3. The molecule has 0 aliphatic carbocycles. The minimum absolute atomic E-state index is 0.0587. The van der Waals surface area contributed by atoms with E-state index in [4.69, 9.17) is 9.47 Å². The van der Waals surface area contributed by atoms with Gasteiger partial charge in [0.05, 0.1) is 44.5 Å². The van der Waals surface area contributed by atoms with Gasteiger partial charge in [-0.15, -0.1) is 0 Å². The fourth-order valence-corrected chi connectivity index (χ4v) is 9.56. The third kappa shape index (κ3) is 9.97. The number of unbranched alkanes of at least 4 members (excludes halogenated alkanes) is 4. The van der Waals surface area contributed by atoms with Gasteiger partial charge in [0.1, 0.15) is 0 Å². The molecule has 400 valence electrons. The SMILES string of the molecule is CCCC.CCCC.CCCC.CCCC.O=C(O)c1ccc2c3ccc(C(=O)O)c4c(C(=O)O)ccc(c5ccc(C(=O)O)c1c25)c43.O=C1OC(=O)c2ccc3c4ccc5c6c(ccc(c7ccc1c2c73)c64)C(=O)OC5=O. The lowest BCUT2D eigenvalue weighted by molar-refractivity contribution is 0.0373. The Hall–Kier alpha value is -9.04. The van der Waals surface area contributed by atoms with Crippen LogP contribution in [-0.4, -0.2) is 68.2 Å². The fraction of sp³-hybridized carbons (Fsp3) is 0.250. The first-order chi connectivity index (χ1) is 37.4. The summed E-state index contributed by atoms with van der Waals surface area (Å²) in [4.78, 5) is 96.8. The number of rotatable bonds is 8. The summed E-state index contributed by atoms with van der Waals surface area (Å²) in [7, 11) is 0. The predicted molar refractivity (Wildman–Crippen MR) is 305 cm³/mol. The number of benzene rings is 10. The summed E-state index contributed by atoms with van der Waals surface area (Å²) in [5, 5.41) is 47.7. The molecular weight excluding hydrogens is 993 g/mol. The molecule has 14 heteroatoms. The maximum absolute atomic E-state index is 12.3. The summed E-state index contributed by atoms with van der Waals surface area (Å²) in [6, 6.07) is 25.2. The highest BCUT2D eigenvalue weighted by atomic mass is 16.6. The van der Waals surface area contributed by atoms with Gasteiger partial charge >= 0.3 is 47.8 Å². The highest BCUT2D eigenvalue weighted by Gasteiger charge is 2.33. The number of carboxylic acids is 4. The van der Waals surface area contributed by atoms with E-state index in [2.05, 4.69) is 55.4 Å². The van der Waals surface area contributed by atoms with E-state index in [1.807, 2.05) is 24.3 Å². The number of hydrogen-bond acceptors (Lipinski definition) is 10. The number of hydrogen-bond donors (Lipinski definition) is 4. The third-order valence-electron chi connectivity index (χ3n) is 14.0. The first-order valence-electron chi connectivity index (χ1n) is 26.3. The minimum Gasteiger partial charge on any atom is -0.478 e. The van der Waals surface area contributed by atoms with Gasteiger partial charge in [0, 0.05) is 21.5 Å². The van der Waals surface area contributed by atoms with Crippen LogP contribution in [0.4, 0.5) is 0 Å². The molecule has 78 heavy (non-hydrogen) atoms. The van der Waals surface area contributed by atoms with Crippen LogP contribution in [-0.2, 0) is 9.47 Å². The molecule has 2 aliphatic rings. The van der Waals surface area contributed by atoms with Crippen LogP contribution in [0.3, 0.4) is 0 Å². The van der Waals surface area contributed by atoms with Crippen LogP contribution in [0.1, 0.15) is 190 Å². The van der Waals surface area contributed by atoms with Gasteiger partial charge < -0.3 is 29.9 Å². The van der Waals surface area contributed by atoms with Crippen molar-refractivity contribution in [3.63, 3.8) is 0 Å². The molecule has 0 unspecified atom stereocenters. The van der Waals surface area contributed by atoms with E-state index in [0.29, 0.717) is 65.3 Å². The molecular formula is C64H60O14. The zero-order valence-electron chi connectivity index (χ0n) is 44.8. The molecule has 0 saturated carbocycles. The maximum Gasteiger partial charge on any atom is 0.346 e. The largest absolute Gasteiger partial charge is 0.478 e. The van der Waals surface area contributed by atoms with Crippen LogP contribution in [0.2, 0.25) is 0 Å². The Labute approximate surface area is 448 Å².